The predicted octanol–water partition coefficient (Wildman–Crippen LogP) is 0.582. The molecule has 1 aliphatic rings. The van der Waals surface area contributed by atoms with E-state index in [1.165, 1.54) is 4.90 Å². The monoisotopic (exact) mass is 265 g/mol. The maximum atomic E-state index is 12.5. The van der Waals surface area contributed by atoms with Crippen molar-refractivity contribution < 1.29 is 14.4 Å². The number of amides is 3. The fourth-order valence-electron chi connectivity index (χ4n) is 2.44. The Kier molecular flexibility index (Phi) is 5.04. The second-order valence-corrected chi connectivity index (χ2v) is 4.83. The summed E-state index contributed by atoms with van der Waals surface area (Å²) in [5.41, 5.74) is -1.11. The zero-order valence-electron chi connectivity index (χ0n) is 11.4. The van der Waals surface area contributed by atoms with Gasteiger partial charge in [-0.15, -0.1) is 0 Å². The van der Waals surface area contributed by atoms with Crippen LogP contribution in [0, 0.1) is 16.7 Å². The van der Waals surface area contributed by atoms with Crippen molar-refractivity contribution in [3.05, 3.63) is 0 Å². The fourth-order valence-corrected chi connectivity index (χ4v) is 2.44. The molecule has 104 valence electrons. The van der Waals surface area contributed by atoms with E-state index in [1.54, 1.807) is 0 Å². The van der Waals surface area contributed by atoms with E-state index in [0.717, 1.165) is 0 Å². The Bertz CT molecular complexity index is 403. The van der Waals surface area contributed by atoms with Crippen molar-refractivity contribution in [1.82, 2.24) is 10.2 Å². The van der Waals surface area contributed by atoms with Crippen molar-refractivity contribution in [3.8, 4) is 6.07 Å². The van der Waals surface area contributed by atoms with Gasteiger partial charge in [-0.2, -0.15) is 5.26 Å². The zero-order valence-corrected chi connectivity index (χ0v) is 11.4. The summed E-state index contributed by atoms with van der Waals surface area (Å²) in [7, 11) is 0. The van der Waals surface area contributed by atoms with Crippen LogP contribution in [-0.2, 0) is 14.4 Å². The molecule has 0 spiro atoms. The first kappa shape index (κ1) is 15.2. The van der Waals surface area contributed by atoms with E-state index in [0.29, 0.717) is 25.7 Å². The maximum Gasteiger partial charge on any atom is 0.246 e. The van der Waals surface area contributed by atoms with Gasteiger partial charge in [0.25, 0.3) is 0 Å². The van der Waals surface area contributed by atoms with Crippen LogP contribution in [0.4, 0.5) is 0 Å². The van der Waals surface area contributed by atoms with E-state index in [9.17, 15) is 19.6 Å². The Morgan fingerprint density at radius 1 is 1.26 bits per heavy atom. The molecule has 1 N–H and O–H groups in total. The molecule has 0 bridgehead atoms. The average Bonchev–Trinajstić information content (AvgIpc) is 2.36. The summed E-state index contributed by atoms with van der Waals surface area (Å²) in [5.74, 6) is -1.39. The van der Waals surface area contributed by atoms with E-state index >= 15 is 0 Å². The number of hydrogen-bond acceptors (Lipinski definition) is 4. The summed E-state index contributed by atoms with van der Waals surface area (Å²) in [6.07, 6.45) is 2.30. The predicted molar refractivity (Wildman–Crippen MR) is 67.6 cm³/mol. The first-order chi connectivity index (χ1) is 8.99. The lowest BCUT2D eigenvalue weighted by atomic mass is 9.79. The van der Waals surface area contributed by atoms with Crippen molar-refractivity contribution >= 4 is 17.7 Å². The highest BCUT2D eigenvalue weighted by atomic mass is 16.2. The Balaban J connectivity index is 2.96. The number of hydrogen-bond donors (Lipinski definition) is 1. The van der Waals surface area contributed by atoms with Crippen LogP contribution in [0.25, 0.3) is 0 Å². The summed E-state index contributed by atoms with van der Waals surface area (Å²) in [4.78, 5) is 36.3. The smallest absolute Gasteiger partial charge is 0.246 e. The first-order valence-electron chi connectivity index (χ1n) is 6.52. The van der Waals surface area contributed by atoms with Crippen LogP contribution < -0.4 is 5.32 Å². The Labute approximate surface area is 112 Å². The third kappa shape index (κ3) is 3.31. The van der Waals surface area contributed by atoms with Gasteiger partial charge in [0.2, 0.25) is 17.7 Å². The van der Waals surface area contributed by atoms with E-state index in [4.69, 9.17) is 0 Å². The number of nitrogens with one attached hydrogen (secondary N) is 1. The normalized spacial score (nSPS) is 15.9. The molecule has 1 heterocycles. The second kappa shape index (κ2) is 6.32. The van der Waals surface area contributed by atoms with Crippen molar-refractivity contribution in [3.63, 3.8) is 0 Å². The Morgan fingerprint density at radius 3 is 2.11 bits per heavy atom. The van der Waals surface area contributed by atoms with Crippen molar-refractivity contribution in [2.24, 2.45) is 5.41 Å². The third-order valence-electron chi connectivity index (χ3n) is 3.21. The van der Waals surface area contributed by atoms with Gasteiger partial charge in [0.1, 0.15) is 18.5 Å². The Hall–Kier alpha value is -1.90. The van der Waals surface area contributed by atoms with Gasteiger partial charge in [0.05, 0.1) is 6.07 Å². The van der Waals surface area contributed by atoms with Gasteiger partial charge >= 0.3 is 0 Å². The van der Waals surface area contributed by atoms with Gasteiger partial charge in [-0.3, -0.25) is 19.7 Å². The topological polar surface area (TPSA) is 90.3 Å². The first-order valence-corrected chi connectivity index (χ1v) is 6.52. The summed E-state index contributed by atoms with van der Waals surface area (Å²) >= 11 is 0. The lowest BCUT2D eigenvalue weighted by Gasteiger charge is -2.33. The van der Waals surface area contributed by atoms with Crippen molar-refractivity contribution in [2.45, 2.75) is 39.5 Å². The molecule has 3 amide bonds. The summed E-state index contributed by atoms with van der Waals surface area (Å²) in [5, 5.41) is 11.5. The zero-order chi connectivity index (χ0) is 14.5. The van der Waals surface area contributed by atoms with Crippen LogP contribution in [0.15, 0.2) is 0 Å². The molecule has 0 radical (unpaired) electrons. The van der Waals surface area contributed by atoms with Crippen molar-refractivity contribution in [2.75, 3.05) is 13.1 Å². The SMILES string of the molecule is CCCC(C#N)(CCC)C(=O)N1CC(=O)NC(=O)C1. The molecule has 19 heavy (non-hydrogen) atoms. The number of carbonyl (C=O) groups is 3. The van der Waals surface area contributed by atoms with Gasteiger partial charge in [0.15, 0.2) is 0 Å². The second-order valence-electron chi connectivity index (χ2n) is 4.83. The number of nitrogens with zero attached hydrogens (tertiary/aromatic N) is 2. The standard InChI is InChI=1S/C13H19N3O3/c1-3-5-13(9-14,6-4-2)12(19)16-7-10(17)15-11(18)8-16/h3-8H2,1-2H3,(H,15,17,18). The molecule has 0 atom stereocenters. The fraction of sp³-hybridized carbons (Fsp3) is 0.692. The van der Waals surface area contributed by atoms with E-state index in [2.05, 4.69) is 11.4 Å². The molecule has 1 saturated heterocycles. The summed E-state index contributed by atoms with van der Waals surface area (Å²) < 4.78 is 0. The molecule has 6 nitrogen and oxygen atoms in total. The van der Waals surface area contributed by atoms with Gasteiger partial charge < -0.3 is 4.90 Å². The Morgan fingerprint density at radius 2 is 1.74 bits per heavy atom. The van der Waals surface area contributed by atoms with Crippen molar-refractivity contribution in [1.29, 1.82) is 5.26 Å². The number of nitriles is 1. The molecule has 0 aromatic rings. The molecular formula is C13H19N3O3. The van der Waals surface area contributed by atoms with E-state index in [-0.39, 0.29) is 13.1 Å². The highest BCUT2D eigenvalue weighted by Crippen LogP contribution is 2.31. The number of carbonyl (C=O) groups excluding carboxylic acids is 3. The van der Waals surface area contributed by atoms with Gasteiger partial charge in [0, 0.05) is 0 Å². The number of rotatable bonds is 5. The van der Waals surface area contributed by atoms with Crippen LogP contribution in [0.3, 0.4) is 0 Å². The third-order valence-corrected chi connectivity index (χ3v) is 3.21. The lowest BCUT2D eigenvalue weighted by Crippen LogP contribution is -2.56. The molecule has 0 aliphatic carbocycles. The van der Waals surface area contributed by atoms with Crippen LogP contribution in [0.1, 0.15) is 39.5 Å². The van der Waals surface area contributed by atoms with Crippen LogP contribution in [-0.4, -0.2) is 35.7 Å². The van der Waals surface area contributed by atoms with Crippen LogP contribution in [0.2, 0.25) is 0 Å². The molecular weight excluding hydrogens is 246 g/mol. The molecule has 1 rings (SSSR count). The quantitative estimate of drug-likeness (QED) is 0.736. The molecule has 1 fully saturated rings. The highest BCUT2D eigenvalue weighted by Gasteiger charge is 2.42. The lowest BCUT2D eigenvalue weighted by molar-refractivity contribution is -0.150. The van der Waals surface area contributed by atoms with Crippen LogP contribution >= 0.6 is 0 Å². The molecule has 0 unspecified atom stereocenters. The minimum absolute atomic E-state index is 0.151. The van der Waals surface area contributed by atoms with E-state index < -0.39 is 23.1 Å². The molecule has 6 heteroatoms. The maximum absolute atomic E-state index is 12.5. The summed E-state index contributed by atoms with van der Waals surface area (Å²) in [6, 6.07) is 2.11. The van der Waals surface area contributed by atoms with Gasteiger partial charge in [-0.1, -0.05) is 26.7 Å². The van der Waals surface area contributed by atoms with Gasteiger partial charge in [-0.05, 0) is 12.8 Å². The highest BCUT2D eigenvalue weighted by molar-refractivity contribution is 6.03. The molecule has 0 saturated carbocycles. The van der Waals surface area contributed by atoms with Crippen LogP contribution in [0.5, 0.6) is 0 Å². The minimum atomic E-state index is -1.11. The number of imide groups is 1. The number of piperazine rings is 1. The molecule has 0 aromatic heterocycles. The van der Waals surface area contributed by atoms with Gasteiger partial charge in [-0.25, -0.2) is 0 Å². The largest absolute Gasteiger partial charge is 0.323 e. The molecule has 0 aromatic carbocycles. The average molecular weight is 265 g/mol. The molecule has 1 aliphatic heterocycles. The minimum Gasteiger partial charge on any atom is -0.323 e. The summed E-state index contributed by atoms with van der Waals surface area (Å²) in [6.45, 7) is 3.51. The van der Waals surface area contributed by atoms with E-state index in [1.807, 2.05) is 13.8 Å².